The summed E-state index contributed by atoms with van der Waals surface area (Å²) < 4.78 is 10.9. The Bertz CT molecular complexity index is 1040. The molecule has 5 nitrogen and oxygen atoms in total. The van der Waals surface area contributed by atoms with Gasteiger partial charge in [0.25, 0.3) is 0 Å². The number of nitrogens with one attached hydrogen (secondary N) is 2. The summed E-state index contributed by atoms with van der Waals surface area (Å²) in [4.78, 5) is 13.4. The molecule has 2 atom stereocenters. The Hall–Kier alpha value is -2.95. The lowest BCUT2D eigenvalue weighted by Gasteiger charge is -2.35. The maximum atomic E-state index is 13.4. The van der Waals surface area contributed by atoms with Crippen molar-refractivity contribution in [3.63, 3.8) is 0 Å². The lowest BCUT2D eigenvalue weighted by Crippen LogP contribution is -2.36. The van der Waals surface area contributed by atoms with Gasteiger partial charge in [-0.2, -0.15) is 0 Å². The van der Waals surface area contributed by atoms with E-state index in [1.165, 1.54) is 11.1 Å². The zero-order chi connectivity index (χ0) is 21.6. The van der Waals surface area contributed by atoms with E-state index < -0.39 is 0 Å². The summed E-state index contributed by atoms with van der Waals surface area (Å²) in [6.07, 6.45) is 2.74. The van der Waals surface area contributed by atoms with Crippen molar-refractivity contribution in [3.8, 4) is 11.5 Å². The molecule has 0 bridgehead atoms. The average molecular weight is 407 g/mol. The van der Waals surface area contributed by atoms with Gasteiger partial charge < -0.3 is 20.1 Å². The van der Waals surface area contributed by atoms with Crippen molar-refractivity contribution in [1.29, 1.82) is 0 Å². The van der Waals surface area contributed by atoms with Crippen molar-refractivity contribution < 1.29 is 14.3 Å². The molecule has 0 amide bonds. The van der Waals surface area contributed by atoms with Crippen LogP contribution < -0.4 is 20.1 Å². The third kappa shape index (κ3) is 3.53. The predicted octanol–water partition coefficient (Wildman–Crippen LogP) is 5.40. The molecule has 30 heavy (non-hydrogen) atoms. The lowest BCUT2D eigenvalue weighted by atomic mass is 9.72. The van der Waals surface area contributed by atoms with E-state index >= 15 is 0 Å². The van der Waals surface area contributed by atoms with Gasteiger partial charge in [0.2, 0.25) is 0 Å². The SMILES string of the molecule is COc1ccc(C2Nc3cc(C)c(C)cc3NC3=CC(C)(C)CC(=O)C32)cc1OC. The zero-order valence-electron chi connectivity index (χ0n) is 18.6. The number of hydrogen-bond donors (Lipinski definition) is 2. The molecule has 0 aromatic heterocycles. The summed E-state index contributed by atoms with van der Waals surface area (Å²) in [7, 11) is 3.26. The van der Waals surface area contributed by atoms with Gasteiger partial charge in [0.15, 0.2) is 11.5 Å². The van der Waals surface area contributed by atoms with Crippen LogP contribution in [0.15, 0.2) is 42.1 Å². The van der Waals surface area contributed by atoms with Crippen LogP contribution in [0.2, 0.25) is 0 Å². The number of rotatable bonds is 3. The molecule has 5 heteroatoms. The minimum Gasteiger partial charge on any atom is -0.493 e. The molecule has 0 saturated carbocycles. The molecule has 158 valence electrons. The molecule has 0 fully saturated rings. The average Bonchev–Trinajstić information content (AvgIpc) is 2.83. The molecule has 2 aromatic carbocycles. The van der Waals surface area contributed by atoms with Crippen molar-refractivity contribution >= 4 is 17.2 Å². The highest BCUT2D eigenvalue weighted by Crippen LogP contribution is 2.46. The van der Waals surface area contributed by atoms with E-state index in [1.807, 2.05) is 18.2 Å². The van der Waals surface area contributed by atoms with E-state index in [2.05, 4.69) is 56.5 Å². The van der Waals surface area contributed by atoms with Crippen LogP contribution in [0.1, 0.15) is 43.0 Å². The largest absolute Gasteiger partial charge is 0.493 e. The van der Waals surface area contributed by atoms with Crippen LogP contribution in [0.4, 0.5) is 11.4 Å². The number of Topliss-reactive ketones (excluding diaryl/α,β-unsaturated/α-hetero) is 1. The molecule has 2 unspecified atom stereocenters. The third-order valence-corrected chi connectivity index (χ3v) is 6.18. The van der Waals surface area contributed by atoms with Gasteiger partial charge in [0.1, 0.15) is 5.78 Å². The molecule has 1 aliphatic carbocycles. The monoisotopic (exact) mass is 406 g/mol. The first-order valence-electron chi connectivity index (χ1n) is 10.3. The van der Waals surface area contributed by atoms with Crippen molar-refractivity contribution in [2.24, 2.45) is 11.3 Å². The highest BCUT2D eigenvalue weighted by Gasteiger charge is 2.41. The molecule has 1 aliphatic heterocycles. The summed E-state index contributed by atoms with van der Waals surface area (Å²) in [5.41, 5.74) is 6.20. The molecule has 0 spiro atoms. The smallest absolute Gasteiger partial charge is 0.161 e. The maximum absolute atomic E-state index is 13.4. The number of carbonyl (C=O) groups is 1. The quantitative estimate of drug-likeness (QED) is 0.715. The minimum absolute atomic E-state index is 0.178. The van der Waals surface area contributed by atoms with Crippen LogP contribution in [0.5, 0.6) is 11.5 Å². The number of anilines is 2. The number of hydrogen-bond acceptors (Lipinski definition) is 5. The van der Waals surface area contributed by atoms with Crippen LogP contribution in [0, 0.1) is 25.2 Å². The maximum Gasteiger partial charge on any atom is 0.161 e. The molecule has 1 heterocycles. The number of carbonyl (C=O) groups excluding carboxylic acids is 1. The van der Waals surface area contributed by atoms with Crippen LogP contribution in [-0.4, -0.2) is 20.0 Å². The van der Waals surface area contributed by atoms with Crippen LogP contribution in [-0.2, 0) is 4.79 Å². The van der Waals surface area contributed by atoms with Crippen molar-refractivity contribution in [2.75, 3.05) is 24.9 Å². The summed E-state index contributed by atoms with van der Waals surface area (Å²) in [5, 5.41) is 7.26. The number of aryl methyl sites for hydroxylation is 2. The third-order valence-electron chi connectivity index (χ3n) is 6.18. The second kappa shape index (κ2) is 7.38. The molecule has 2 N–H and O–H groups in total. The Morgan fingerprint density at radius 2 is 1.63 bits per heavy atom. The van der Waals surface area contributed by atoms with E-state index in [0.717, 1.165) is 22.6 Å². The number of fused-ring (bicyclic) bond motifs is 2. The summed E-state index contributed by atoms with van der Waals surface area (Å²) in [6.45, 7) is 8.44. The van der Waals surface area contributed by atoms with Gasteiger partial charge in [0, 0.05) is 12.1 Å². The van der Waals surface area contributed by atoms with Crippen molar-refractivity contribution in [3.05, 3.63) is 58.8 Å². The normalized spacial score (nSPS) is 21.9. The minimum atomic E-state index is -0.302. The fourth-order valence-electron chi connectivity index (χ4n) is 4.54. The molecule has 0 saturated heterocycles. The second-order valence-electron chi connectivity index (χ2n) is 9.05. The van der Waals surface area contributed by atoms with Crippen LogP contribution in [0.25, 0.3) is 0 Å². The predicted molar refractivity (Wildman–Crippen MR) is 120 cm³/mol. The molecular weight excluding hydrogens is 376 g/mol. The highest BCUT2D eigenvalue weighted by atomic mass is 16.5. The first-order valence-corrected chi connectivity index (χ1v) is 10.3. The molecule has 4 rings (SSSR count). The Labute approximate surface area is 178 Å². The molecule has 2 aromatic rings. The zero-order valence-corrected chi connectivity index (χ0v) is 18.6. The summed E-state index contributed by atoms with van der Waals surface area (Å²) in [5.74, 6) is 1.26. The number of ether oxygens (including phenoxy) is 2. The fourth-order valence-corrected chi connectivity index (χ4v) is 4.54. The number of benzene rings is 2. The fraction of sp³-hybridized carbons (Fsp3) is 0.400. The standard InChI is InChI=1S/C25H30N2O3/c1-14-9-17-18(10-15(14)2)27-24(16-7-8-21(29-5)22(11-16)30-6)23-19(26-17)12-25(3,4)13-20(23)28/h7-12,23-24,26-27H,13H2,1-6H3. The van der Waals surface area contributed by atoms with E-state index in [4.69, 9.17) is 9.47 Å². The van der Waals surface area contributed by atoms with E-state index in [9.17, 15) is 4.79 Å². The van der Waals surface area contributed by atoms with Crippen LogP contribution >= 0.6 is 0 Å². The number of allylic oxidation sites excluding steroid dienone is 1. The lowest BCUT2D eigenvalue weighted by molar-refractivity contribution is -0.124. The van der Waals surface area contributed by atoms with Gasteiger partial charge in [-0.3, -0.25) is 4.79 Å². The highest BCUT2D eigenvalue weighted by molar-refractivity contribution is 5.90. The van der Waals surface area contributed by atoms with Gasteiger partial charge in [-0.15, -0.1) is 0 Å². The van der Waals surface area contributed by atoms with E-state index in [-0.39, 0.29) is 23.2 Å². The van der Waals surface area contributed by atoms with Gasteiger partial charge in [0.05, 0.1) is 37.6 Å². The number of ketones is 1. The second-order valence-corrected chi connectivity index (χ2v) is 9.05. The Morgan fingerprint density at radius 3 is 2.30 bits per heavy atom. The molecule has 0 radical (unpaired) electrons. The van der Waals surface area contributed by atoms with E-state index in [1.54, 1.807) is 14.2 Å². The molecule has 2 aliphatic rings. The van der Waals surface area contributed by atoms with E-state index in [0.29, 0.717) is 17.9 Å². The van der Waals surface area contributed by atoms with Gasteiger partial charge in [-0.05, 0) is 60.2 Å². The summed E-state index contributed by atoms with van der Waals surface area (Å²) >= 11 is 0. The van der Waals surface area contributed by atoms with Crippen molar-refractivity contribution in [2.45, 2.75) is 40.2 Å². The van der Waals surface area contributed by atoms with Gasteiger partial charge >= 0.3 is 0 Å². The Kier molecular flexibility index (Phi) is 5.00. The first kappa shape index (κ1) is 20.3. The van der Waals surface area contributed by atoms with Gasteiger partial charge in [-0.25, -0.2) is 0 Å². The number of methoxy groups -OCH3 is 2. The Morgan fingerprint density at radius 1 is 0.967 bits per heavy atom. The van der Waals surface area contributed by atoms with Gasteiger partial charge in [-0.1, -0.05) is 26.0 Å². The van der Waals surface area contributed by atoms with Crippen molar-refractivity contribution in [1.82, 2.24) is 0 Å². The topological polar surface area (TPSA) is 59.6 Å². The molecular formula is C25H30N2O3. The van der Waals surface area contributed by atoms with Crippen LogP contribution in [0.3, 0.4) is 0 Å². The summed E-state index contributed by atoms with van der Waals surface area (Å²) in [6, 6.07) is 9.96. The first-order chi connectivity index (χ1) is 14.2. The Balaban J connectivity index is 1.89.